The molecule has 80 valence electrons. The number of thiophene rings is 1. The third-order valence-electron chi connectivity index (χ3n) is 2.14. The van der Waals surface area contributed by atoms with Gasteiger partial charge in [-0.05, 0) is 41.8 Å². The van der Waals surface area contributed by atoms with Crippen molar-refractivity contribution >= 4 is 22.9 Å². The van der Waals surface area contributed by atoms with Gasteiger partial charge in [-0.2, -0.15) is 11.3 Å². The second-order valence-corrected chi connectivity index (χ2v) is 4.87. The van der Waals surface area contributed by atoms with Gasteiger partial charge in [-0.1, -0.05) is 13.3 Å². The van der Waals surface area contributed by atoms with Crippen molar-refractivity contribution < 1.29 is 0 Å². The van der Waals surface area contributed by atoms with Crippen molar-refractivity contribution in [2.24, 2.45) is 0 Å². The van der Waals surface area contributed by atoms with Crippen molar-refractivity contribution in [3.8, 4) is 0 Å². The summed E-state index contributed by atoms with van der Waals surface area (Å²) in [6.45, 7) is 4.13. The molecule has 0 amide bonds. The Labute approximate surface area is 95.5 Å². The Bertz CT molecular complexity index is 223. The Kier molecular flexibility index (Phi) is 6.24. The topological polar surface area (TPSA) is 12.0 Å². The SMILES string of the molecule is CCCC(Cl)CNCCc1ccsc1. The normalized spacial score (nSPS) is 13.0. The van der Waals surface area contributed by atoms with Crippen molar-refractivity contribution in [3.05, 3.63) is 22.4 Å². The Hall–Kier alpha value is -0.0500. The molecule has 0 aromatic carbocycles. The summed E-state index contributed by atoms with van der Waals surface area (Å²) in [5, 5.41) is 8.00. The molecule has 1 unspecified atom stereocenters. The van der Waals surface area contributed by atoms with Gasteiger partial charge in [0.2, 0.25) is 0 Å². The molecule has 0 saturated carbocycles. The van der Waals surface area contributed by atoms with Crippen LogP contribution in [0.4, 0.5) is 0 Å². The van der Waals surface area contributed by atoms with Gasteiger partial charge >= 0.3 is 0 Å². The van der Waals surface area contributed by atoms with Gasteiger partial charge in [-0.15, -0.1) is 11.6 Å². The van der Waals surface area contributed by atoms with Crippen LogP contribution in [-0.4, -0.2) is 18.5 Å². The molecule has 0 radical (unpaired) electrons. The molecule has 0 aliphatic rings. The highest BCUT2D eigenvalue weighted by atomic mass is 35.5. The van der Waals surface area contributed by atoms with Gasteiger partial charge in [0.05, 0.1) is 0 Å². The van der Waals surface area contributed by atoms with Crippen molar-refractivity contribution in [2.75, 3.05) is 13.1 Å². The first-order valence-electron chi connectivity index (χ1n) is 5.18. The third kappa shape index (κ3) is 4.99. The highest BCUT2D eigenvalue weighted by Gasteiger charge is 2.01. The Morgan fingerprint density at radius 1 is 1.57 bits per heavy atom. The fourth-order valence-electron chi connectivity index (χ4n) is 1.34. The van der Waals surface area contributed by atoms with Crippen LogP contribution in [0.25, 0.3) is 0 Å². The fraction of sp³-hybridized carbons (Fsp3) is 0.636. The lowest BCUT2D eigenvalue weighted by Crippen LogP contribution is -2.25. The first-order valence-corrected chi connectivity index (χ1v) is 6.56. The smallest absolute Gasteiger partial charge is 0.0460 e. The fourth-order valence-corrected chi connectivity index (χ4v) is 2.37. The van der Waals surface area contributed by atoms with Gasteiger partial charge in [-0.3, -0.25) is 0 Å². The first kappa shape index (κ1) is 12.0. The zero-order valence-electron chi connectivity index (χ0n) is 8.63. The van der Waals surface area contributed by atoms with Gasteiger partial charge in [0.1, 0.15) is 0 Å². The molecule has 1 heterocycles. The molecule has 0 aliphatic heterocycles. The largest absolute Gasteiger partial charge is 0.315 e. The van der Waals surface area contributed by atoms with Crippen molar-refractivity contribution in [1.29, 1.82) is 0 Å². The number of rotatable bonds is 7. The van der Waals surface area contributed by atoms with Crippen LogP contribution < -0.4 is 5.32 Å². The van der Waals surface area contributed by atoms with E-state index in [2.05, 4.69) is 29.1 Å². The van der Waals surface area contributed by atoms with Crippen molar-refractivity contribution in [1.82, 2.24) is 5.32 Å². The minimum absolute atomic E-state index is 0.294. The molecular formula is C11H18ClNS. The van der Waals surface area contributed by atoms with Crippen LogP contribution in [-0.2, 0) is 6.42 Å². The monoisotopic (exact) mass is 231 g/mol. The van der Waals surface area contributed by atoms with Crippen LogP contribution >= 0.6 is 22.9 Å². The second kappa shape index (κ2) is 7.27. The summed E-state index contributed by atoms with van der Waals surface area (Å²) >= 11 is 7.84. The maximum atomic E-state index is 6.08. The summed E-state index contributed by atoms with van der Waals surface area (Å²) in [6, 6.07) is 2.18. The first-order chi connectivity index (χ1) is 6.83. The summed E-state index contributed by atoms with van der Waals surface area (Å²) in [5.74, 6) is 0. The Balaban J connectivity index is 1.99. The number of hydrogen-bond donors (Lipinski definition) is 1. The minimum atomic E-state index is 0.294. The minimum Gasteiger partial charge on any atom is -0.315 e. The molecule has 0 bridgehead atoms. The third-order valence-corrected chi connectivity index (χ3v) is 3.24. The van der Waals surface area contributed by atoms with E-state index in [1.54, 1.807) is 11.3 Å². The average molecular weight is 232 g/mol. The zero-order chi connectivity index (χ0) is 10.2. The van der Waals surface area contributed by atoms with E-state index in [-0.39, 0.29) is 0 Å². The lowest BCUT2D eigenvalue weighted by molar-refractivity contribution is 0.623. The van der Waals surface area contributed by atoms with E-state index in [9.17, 15) is 0 Å². The van der Waals surface area contributed by atoms with Gasteiger partial charge in [-0.25, -0.2) is 0 Å². The van der Waals surface area contributed by atoms with E-state index in [0.717, 1.165) is 25.9 Å². The van der Waals surface area contributed by atoms with E-state index in [4.69, 9.17) is 11.6 Å². The lowest BCUT2D eigenvalue weighted by atomic mass is 10.2. The highest BCUT2D eigenvalue weighted by molar-refractivity contribution is 7.07. The number of hydrogen-bond acceptors (Lipinski definition) is 2. The Morgan fingerprint density at radius 2 is 2.43 bits per heavy atom. The van der Waals surface area contributed by atoms with Crippen LogP contribution in [0, 0.1) is 0 Å². The van der Waals surface area contributed by atoms with Crippen LogP contribution in [0.5, 0.6) is 0 Å². The Morgan fingerprint density at radius 3 is 3.07 bits per heavy atom. The van der Waals surface area contributed by atoms with Crippen LogP contribution in [0.3, 0.4) is 0 Å². The molecule has 14 heavy (non-hydrogen) atoms. The second-order valence-electron chi connectivity index (χ2n) is 3.47. The van der Waals surface area contributed by atoms with E-state index in [1.165, 1.54) is 12.0 Å². The predicted octanol–water partition coefficient (Wildman–Crippen LogP) is 3.29. The highest BCUT2D eigenvalue weighted by Crippen LogP contribution is 2.06. The van der Waals surface area contributed by atoms with E-state index in [1.807, 2.05) is 0 Å². The molecule has 3 heteroatoms. The molecule has 0 spiro atoms. The summed E-state index contributed by atoms with van der Waals surface area (Å²) in [5.41, 5.74) is 1.42. The maximum absolute atomic E-state index is 6.08. The molecule has 1 N–H and O–H groups in total. The van der Waals surface area contributed by atoms with Crippen LogP contribution in [0.1, 0.15) is 25.3 Å². The van der Waals surface area contributed by atoms with E-state index >= 15 is 0 Å². The molecular weight excluding hydrogens is 214 g/mol. The molecule has 0 aliphatic carbocycles. The average Bonchev–Trinajstić information content (AvgIpc) is 2.65. The van der Waals surface area contributed by atoms with Crippen LogP contribution in [0.15, 0.2) is 16.8 Å². The molecule has 1 aromatic heterocycles. The van der Waals surface area contributed by atoms with Gasteiger partial charge in [0.25, 0.3) is 0 Å². The molecule has 1 aromatic rings. The van der Waals surface area contributed by atoms with Gasteiger partial charge in [0, 0.05) is 11.9 Å². The summed E-state index contributed by atoms with van der Waals surface area (Å²) in [4.78, 5) is 0. The molecule has 1 nitrogen and oxygen atoms in total. The summed E-state index contributed by atoms with van der Waals surface area (Å²) in [6.07, 6.45) is 3.38. The molecule has 1 rings (SSSR count). The molecule has 1 atom stereocenters. The predicted molar refractivity (Wildman–Crippen MR) is 65.4 cm³/mol. The standard InChI is InChI=1S/C11H18ClNS/c1-2-3-11(12)8-13-6-4-10-5-7-14-9-10/h5,7,9,11,13H,2-4,6,8H2,1H3. The maximum Gasteiger partial charge on any atom is 0.0460 e. The zero-order valence-corrected chi connectivity index (χ0v) is 10.2. The number of alkyl halides is 1. The molecule has 0 saturated heterocycles. The lowest BCUT2D eigenvalue weighted by Gasteiger charge is -2.08. The van der Waals surface area contributed by atoms with Crippen molar-refractivity contribution in [2.45, 2.75) is 31.6 Å². The number of halogens is 1. The molecule has 0 fully saturated rings. The van der Waals surface area contributed by atoms with E-state index in [0.29, 0.717) is 5.38 Å². The quantitative estimate of drug-likeness (QED) is 0.561. The van der Waals surface area contributed by atoms with Gasteiger partial charge < -0.3 is 5.32 Å². The van der Waals surface area contributed by atoms with Crippen molar-refractivity contribution in [3.63, 3.8) is 0 Å². The summed E-state index contributed by atoms with van der Waals surface area (Å²) in [7, 11) is 0. The number of nitrogens with one attached hydrogen (secondary N) is 1. The van der Waals surface area contributed by atoms with Crippen LogP contribution in [0.2, 0.25) is 0 Å². The van der Waals surface area contributed by atoms with Gasteiger partial charge in [0.15, 0.2) is 0 Å². The van der Waals surface area contributed by atoms with E-state index < -0.39 is 0 Å². The summed E-state index contributed by atoms with van der Waals surface area (Å²) < 4.78 is 0.